The van der Waals surface area contributed by atoms with E-state index in [1.54, 1.807) is 26.0 Å². The van der Waals surface area contributed by atoms with Gasteiger partial charge in [-0.3, -0.25) is 0 Å². The number of quaternary nitrogens is 1. The zero-order chi connectivity index (χ0) is 19.3. The summed E-state index contributed by atoms with van der Waals surface area (Å²) in [6.45, 7) is 5.66. The van der Waals surface area contributed by atoms with Gasteiger partial charge in [-0.2, -0.15) is 0 Å². The first kappa shape index (κ1) is 19.1. The molecule has 3 aliphatic rings. The van der Waals surface area contributed by atoms with Crippen molar-refractivity contribution in [3.05, 3.63) is 23.3 Å². The molecule has 3 aliphatic heterocycles. The van der Waals surface area contributed by atoms with Gasteiger partial charge in [0.25, 0.3) is 0 Å². The molecule has 26 heavy (non-hydrogen) atoms. The molecule has 3 rings (SSSR count). The van der Waals surface area contributed by atoms with E-state index in [9.17, 15) is 19.8 Å². The van der Waals surface area contributed by atoms with Crippen molar-refractivity contribution in [2.75, 3.05) is 26.7 Å². The molecular formula is C19H27NO6. The van der Waals surface area contributed by atoms with Crippen LogP contribution in [0.15, 0.2) is 23.3 Å². The van der Waals surface area contributed by atoms with Gasteiger partial charge in [-0.1, -0.05) is 13.0 Å². The summed E-state index contributed by atoms with van der Waals surface area (Å²) in [5.74, 6) is -1.88. The Kier molecular flexibility index (Phi) is 4.53. The Labute approximate surface area is 153 Å². The fourth-order valence-electron chi connectivity index (χ4n) is 4.19. The van der Waals surface area contributed by atoms with Crippen molar-refractivity contribution in [2.45, 2.75) is 51.0 Å². The van der Waals surface area contributed by atoms with Crippen LogP contribution in [0.3, 0.4) is 0 Å². The topological polar surface area (TPSA) is 95.9 Å². The van der Waals surface area contributed by atoms with Gasteiger partial charge < -0.3 is 24.2 Å². The van der Waals surface area contributed by atoms with Gasteiger partial charge in [-0.05, 0) is 32.3 Å². The molecule has 3 heterocycles. The quantitative estimate of drug-likeness (QED) is 0.282. The Balaban J connectivity index is 2.01. The van der Waals surface area contributed by atoms with Crippen molar-refractivity contribution < 1.29 is 33.8 Å². The molecule has 2 fully saturated rings. The molecule has 2 unspecified atom stereocenters. The lowest BCUT2D eigenvalue weighted by molar-refractivity contribution is -1.01. The van der Waals surface area contributed by atoms with Gasteiger partial charge in [0.1, 0.15) is 6.61 Å². The van der Waals surface area contributed by atoms with Crippen LogP contribution in [-0.2, 0) is 19.1 Å². The molecule has 0 bridgehead atoms. The fraction of sp³-hybridized carbons (Fsp3) is 0.684. The lowest BCUT2D eigenvalue weighted by Crippen LogP contribution is -2.69. The van der Waals surface area contributed by atoms with Gasteiger partial charge in [-0.15, -0.1) is 0 Å². The predicted molar refractivity (Wildman–Crippen MR) is 90.4 cm³/mol. The number of carbonyl (C=O) groups is 2. The van der Waals surface area contributed by atoms with Gasteiger partial charge in [0.05, 0.1) is 25.9 Å². The van der Waals surface area contributed by atoms with Crippen LogP contribution in [0.1, 0.15) is 33.6 Å². The second-order valence-corrected chi connectivity index (χ2v) is 8.05. The number of ether oxygens (including phenoxy) is 2. The first-order valence-corrected chi connectivity index (χ1v) is 9.06. The van der Waals surface area contributed by atoms with Gasteiger partial charge in [0.15, 0.2) is 11.7 Å². The van der Waals surface area contributed by atoms with Crippen molar-refractivity contribution in [1.29, 1.82) is 0 Å². The summed E-state index contributed by atoms with van der Waals surface area (Å²) in [5.41, 5.74) is -2.67. The van der Waals surface area contributed by atoms with Crippen LogP contribution in [0.25, 0.3) is 0 Å². The standard InChI is InChI=1S/C19H27NO6/c1-5-13-10-12(2)18(3,23)17(22)25-11-14-6-8-20(4)9-7-15(19(14,20)24)26-16(13)21/h5-6,12,15,23H,7-11H2,1-4H3/b13-5-/t12-,15+,18+,19?,20?/m0/s1. The summed E-state index contributed by atoms with van der Waals surface area (Å²) in [5, 5.41) is 24.4. The molecule has 0 amide bonds. The maximum Gasteiger partial charge on any atom is 0.338 e. The SMILES string of the molecule is C/C=C1/C[C@H](C)[C@@](C)(O)C(=O)OCC2=CC[N+]3(C)CC[C@@H](OC1=O)C23[O-]. The van der Waals surface area contributed by atoms with E-state index >= 15 is 0 Å². The molecule has 0 aromatic rings. The first-order valence-electron chi connectivity index (χ1n) is 9.06. The van der Waals surface area contributed by atoms with Crippen LogP contribution < -0.4 is 5.11 Å². The van der Waals surface area contributed by atoms with Gasteiger partial charge >= 0.3 is 11.9 Å². The Morgan fingerprint density at radius 2 is 2.12 bits per heavy atom. The second-order valence-electron chi connectivity index (χ2n) is 8.05. The molecule has 0 aromatic carbocycles. The van der Waals surface area contributed by atoms with Crippen molar-refractivity contribution in [3.63, 3.8) is 0 Å². The van der Waals surface area contributed by atoms with E-state index in [0.717, 1.165) is 0 Å². The fourth-order valence-corrected chi connectivity index (χ4v) is 4.19. The minimum Gasteiger partial charge on any atom is -0.797 e. The van der Waals surface area contributed by atoms with Crippen molar-refractivity contribution in [1.82, 2.24) is 0 Å². The van der Waals surface area contributed by atoms with E-state index in [1.165, 1.54) is 6.92 Å². The molecule has 2 saturated heterocycles. The highest BCUT2D eigenvalue weighted by Crippen LogP contribution is 2.43. The summed E-state index contributed by atoms with van der Waals surface area (Å²) in [6, 6.07) is 0. The zero-order valence-corrected chi connectivity index (χ0v) is 15.8. The average Bonchev–Trinajstić information content (AvgIpc) is 2.98. The summed E-state index contributed by atoms with van der Waals surface area (Å²) in [6.07, 6.45) is 3.21. The predicted octanol–water partition coefficient (Wildman–Crippen LogP) is 0.0254. The highest BCUT2D eigenvalue weighted by atomic mass is 16.6. The Hall–Kier alpha value is -1.70. The first-order chi connectivity index (χ1) is 12.1. The van der Waals surface area contributed by atoms with Crippen molar-refractivity contribution >= 4 is 11.9 Å². The number of hydrogen-bond acceptors (Lipinski definition) is 6. The number of hydrogen-bond donors (Lipinski definition) is 1. The third kappa shape index (κ3) is 2.61. The van der Waals surface area contributed by atoms with Crippen LogP contribution in [0.5, 0.6) is 0 Å². The smallest absolute Gasteiger partial charge is 0.338 e. The summed E-state index contributed by atoms with van der Waals surface area (Å²) >= 11 is 0. The van der Waals surface area contributed by atoms with Crippen molar-refractivity contribution in [2.24, 2.45) is 5.92 Å². The van der Waals surface area contributed by atoms with Crippen LogP contribution >= 0.6 is 0 Å². The number of nitrogens with zero attached hydrogens (tertiary/aromatic N) is 1. The highest BCUT2D eigenvalue weighted by molar-refractivity contribution is 5.89. The van der Waals surface area contributed by atoms with Gasteiger partial charge in [0.2, 0.25) is 0 Å². The van der Waals surface area contributed by atoms with E-state index in [-0.39, 0.29) is 17.5 Å². The van der Waals surface area contributed by atoms with Crippen molar-refractivity contribution in [3.8, 4) is 0 Å². The zero-order valence-electron chi connectivity index (χ0n) is 15.8. The molecule has 7 heteroatoms. The largest absolute Gasteiger partial charge is 0.797 e. The van der Waals surface area contributed by atoms with Crippen LogP contribution in [0, 0.1) is 5.92 Å². The average molecular weight is 365 g/mol. The monoisotopic (exact) mass is 365 g/mol. The van der Waals surface area contributed by atoms with E-state index in [1.807, 2.05) is 7.05 Å². The molecule has 7 nitrogen and oxygen atoms in total. The summed E-state index contributed by atoms with van der Waals surface area (Å²) in [7, 11) is 1.84. The number of carbonyl (C=O) groups excluding carboxylic acids is 2. The maximum absolute atomic E-state index is 13.8. The Bertz CT molecular complexity index is 696. The summed E-state index contributed by atoms with van der Waals surface area (Å²) < 4.78 is 11.2. The van der Waals surface area contributed by atoms with Gasteiger partial charge in [0, 0.05) is 17.6 Å². The molecule has 0 aromatic heterocycles. The minimum atomic E-state index is -1.77. The number of rotatable bonds is 0. The Morgan fingerprint density at radius 3 is 2.77 bits per heavy atom. The third-order valence-electron chi connectivity index (χ3n) is 6.44. The van der Waals surface area contributed by atoms with E-state index in [0.29, 0.717) is 30.7 Å². The molecular weight excluding hydrogens is 338 g/mol. The summed E-state index contributed by atoms with van der Waals surface area (Å²) in [4.78, 5) is 25.1. The molecule has 1 N–H and O–H groups in total. The highest BCUT2D eigenvalue weighted by Gasteiger charge is 2.58. The maximum atomic E-state index is 13.8. The second kappa shape index (κ2) is 6.18. The number of allylic oxidation sites excluding steroid dienone is 1. The third-order valence-corrected chi connectivity index (χ3v) is 6.44. The number of aliphatic hydroxyl groups is 1. The van der Waals surface area contributed by atoms with E-state index in [2.05, 4.69) is 0 Å². The molecule has 144 valence electrons. The number of likely N-dealkylation sites (N-methyl/N-ethyl adjacent to an activating group) is 1. The van der Waals surface area contributed by atoms with Gasteiger partial charge in [-0.25, -0.2) is 9.59 Å². The minimum absolute atomic E-state index is 0.158. The number of esters is 2. The number of cyclic esters (lactones) is 1. The molecule has 5 atom stereocenters. The van der Waals surface area contributed by atoms with Crippen LogP contribution in [-0.4, -0.2) is 65.7 Å². The normalized spacial score (nSPS) is 45.3. The molecule has 0 aliphatic carbocycles. The Morgan fingerprint density at radius 1 is 1.42 bits per heavy atom. The molecule has 0 spiro atoms. The van der Waals surface area contributed by atoms with E-state index in [4.69, 9.17) is 9.47 Å². The molecule has 0 saturated carbocycles. The van der Waals surface area contributed by atoms with E-state index < -0.39 is 35.3 Å². The lowest BCUT2D eigenvalue weighted by atomic mass is 9.85. The van der Waals surface area contributed by atoms with Crippen LogP contribution in [0.4, 0.5) is 0 Å². The van der Waals surface area contributed by atoms with Crippen LogP contribution in [0.2, 0.25) is 0 Å². The molecule has 0 radical (unpaired) electrons. The lowest BCUT2D eigenvalue weighted by Gasteiger charge is -2.49.